The van der Waals surface area contributed by atoms with Crippen LogP contribution in [-0.4, -0.2) is 62.4 Å². The minimum atomic E-state index is -0.598. The number of thiophene rings is 1. The van der Waals surface area contributed by atoms with E-state index in [1.54, 1.807) is 18.4 Å². The van der Waals surface area contributed by atoms with E-state index in [1.807, 2.05) is 31.2 Å². The molecule has 1 saturated heterocycles. The molecule has 2 aromatic heterocycles. The normalized spacial score (nSPS) is 17.0. The molecule has 1 aliphatic heterocycles. The number of nitrogens with zero attached hydrogens (tertiary/aromatic N) is 2. The maximum absolute atomic E-state index is 10.7. The smallest absolute Gasteiger partial charge is 0.191 e. The molecule has 174 valence electrons. The average Bonchev–Trinajstić information content (AvgIpc) is 3.43. The third-order valence-electron chi connectivity index (χ3n) is 5.50. The fourth-order valence-electron chi connectivity index (χ4n) is 3.81. The Morgan fingerprint density at radius 2 is 1.91 bits per heavy atom. The highest BCUT2D eigenvalue weighted by molar-refractivity contribution is 14.0. The number of aliphatic hydroxyl groups is 1. The van der Waals surface area contributed by atoms with Crippen LogP contribution in [0, 0.1) is 6.92 Å². The summed E-state index contributed by atoms with van der Waals surface area (Å²) in [4.78, 5) is 7.64. The van der Waals surface area contributed by atoms with Crippen molar-refractivity contribution in [2.75, 3.05) is 46.4 Å². The highest BCUT2D eigenvalue weighted by Gasteiger charge is 2.25. The number of ether oxygens (including phenoxy) is 1. The number of hydrogen-bond donors (Lipinski definition) is 3. The van der Waals surface area contributed by atoms with Gasteiger partial charge in [-0.15, -0.1) is 35.3 Å². The maximum atomic E-state index is 10.7. The SMILES string of the molecule is CN=C(NCC(O)c1cc2ccccc2s1)NCC(c1ccc(C)o1)N1CCOCC1.I. The van der Waals surface area contributed by atoms with Crippen molar-refractivity contribution in [2.45, 2.75) is 19.1 Å². The Morgan fingerprint density at radius 1 is 1.16 bits per heavy atom. The van der Waals surface area contributed by atoms with Crippen LogP contribution in [0.15, 0.2) is 51.9 Å². The molecule has 0 radical (unpaired) electrons. The van der Waals surface area contributed by atoms with Gasteiger partial charge >= 0.3 is 0 Å². The van der Waals surface area contributed by atoms with Gasteiger partial charge in [0.2, 0.25) is 0 Å². The molecule has 0 spiro atoms. The predicted octanol–water partition coefficient (Wildman–Crippen LogP) is 3.69. The molecule has 3 aromatic rings. The summed E-state index contributed by atoms with van der Waals surface area (Å²) in [5, 5.41) is 18.5. The number of guanidine groups is 1. The number of furan rings is 1. The maximum Gasteiger partial charge on any atom is 0.191 e. The van der Waals surface area contributed by atoms with Crippen LogP contribution >= 0.6 is 35.3 Å². The molecule has 0 bridgehead atoms. The number of morpholine rings is 1. The molecule has 2 unspecified atom stereocenters. The van der Waals surface area contributed by atoms with Crippen molar-refractivity contribution < 1.29 is 14.3 Å². The molecule has 1 aromatic carbocycles. The Kier molecular flexibility index (Phi) is 9.35. The van der Waals surface area contributed by atoms with E-state index in [0.29, 0.717) is 19.0 Å². The first-order chi connectivity index (χ1) is 15.1. The molecule has 0 aliphatic carbocycles. The van der Waals surface area contributed by atoms with Gasteiger partial charge in [-0.25, -0.2) is 0 Å². The largest absolute Gasteiger partial charge is 0.465 e. The van der Waals surface area contributed by atoms with Gasteiger partial charge in [-0.1, -0.05) is 18.2 Å². The second-order valence-electron chi connectivity index (χ2n) is 7.65. The van der Waals surface area contributed by atoms with E-state index in [-0.39, 0.29) is 30.0 Å². The first kappa shape index (κ1) is 25.0. The number of rotatable bonds is 7. The zero-order valence-corrected chi connectivity index (χ0v) is 21.6. The number of benzene rings is 1. The molecule has 3 N–H and O–H groups in total. The van der Waals surface area contributed by atoms with Gasteiger partial charge in [-0.05, 0) is 36.6 Å². The number of nitrogens with one attached hydrogen (secondary N) is 2. The van der Waals surface area contributed by atoms with E-state index in [0.717, 1.165) is 48.1 Å². The van der Waals surface area contributed by atoms with E-state index in [1.165, 1.54) is 4.70 Å². The Labute approximate surface area is 209 Å². The van der Waals surface area contributed by atoms with Gasteiger partial charge in [0.25, 0.3) is 0 Å². The number of aryl methyl sites for hydroxylation is 1. The molecule has 1 fully saturated rings. The van der Waals surface area contributed by atoms with Crippen molar-refractivity contribution in [1.29, 1.82) is 0 Å². The van der Waals surface area contributed by atoms with Crippen molar-refractivity contribution in [2.24, 2.45) is 4.99 Å². The van der Waals surface area contributed by atoms with Crippen LogP contribution in [0.25, 0.3) is 10.1 Å². The monoisotopic (exact) mass is 570 g/mol. The highest BCUT2D eigenvalue weighted by Crippen LogP contribution is 2.29. The van der Waals surface area contributed by atoms with Crippen LogP contribution in [0.1, 0.15) is 28.5 Å². The second kappa shape index (κ2) is 12.0. The van der Waals surface area contributed by atoms with Crippen molar-refractivity contribution in [3.8, 4) is 0 Å². The molecule has 7 nitrogen and oxygen atoms in total. The van der Waals surface area contributed by atoms with Crippen LogP contribution < -0.4 is 10.6 Å². The summed E-state index contributed by atoms with van der Waals surface area (Å²) in [5.74, 6) is 2.50. The molecular weight excluding hydrogens is 539 g/mol. The summed E-state index contributed by atoms with van der Waals surface area (Å²) in [7, 11) is 1.74. The minimum absolute atomic E-state index is 0. The summed E-state index contributed by atoms with van der Waals surface area (Å²) in [6.07, 6.45) is -0.598. The van der Waals surface area contributed by atoms with Crippen LogP contribution in [0.4, 0.5) is 0 Å². The molecule has 2 atom stereocenters. The van der Waals surface area contributed by atoms with E-state index in [4.69, 9.17) is 9.15 Å². The quantitative estimate of drug-likeness (QED) is 0.229. The Morgan fingerprint density at radius 3 is 2.59 bits per heavy atom. The fourth-order valence-corrected chi connectivity index (χ4v) is 4.86. The summed E-state index contributed by atoms with van der Waals surface area (Å²) in [5.41, 5.74) is 0. The van der Waals surface area contributed by atoms with E-state index < -0.39 is 6.10 Å². The Balaban J connectivity index is 0.00000289. The van der Waals surface area contributed by atoms with E-state index in [9.17, 15) is 5.11 Å². The van der Waals surface area contributed by atoms with Crippen molar-refractivity contribution in [3.63, 3.8) is 0 Å². The second-order valence-corrected chi connectivity index (χ2v) is 8.76. The molecule has 4 rings (SSSR count). The van der Waals surface area contributed by atoms with E-state index >= 15 is 0 Å². The van der Waals surface area contributed by atoms with Gasteiger partial charge in [0.1, 0.15) is 17.6 Å². The molecule has 0 amide bonds. The van der Waals surface area contributed by atoms with Crippen LogP contribution in [0.2, 0.25) is 0 Å². The van der Waals surface area contributed by atoms with E-state index in [2.05, 4.69) is 38.7 Å². The van der Waals surface area contributed by atoms with Crippen LogP contribution in [0.3, 0.4) is 0 Å². The molecule has 3 heterocycles. The van der Waals surface area contributed by atoms with Gasteiger partial charge in [-0.3, -0.25) is 9.89 Å². The number of halogens is 1. The number of hydrogen-bond acceptors (Lipinski definition) is 6. The van der Waals surface area contributed by atoms with Gasteiger partial charge in [0.05, 0.1) is 19.3 Å². The lowest BCUT2D eigenvalue weighted by atomic mass is 10.1. The Bertz CT molecular complexity index is 983. The van der Waals surface area contributed by atoms with Crippen molar-refractivity contribution in [3.05, 3.63) is 58.9 Å². The van der Waals surface area contributed by atoms with Gasteiger partial charge < -0.3 is 24.9 Å². The van der Waals surface area contributed by atoms with Crippen LogP contribution in [0.5, 0.6) is 0 Å². The standard InChI is InChI=1S/C23H30N4O3S.HI/c1-16-7-8-20(30-16)18(27-9-11-29-12-10-27)14-25-23(24-2)26-15-19(28)22-13-17-5-3-4-6-21(17)31-22;/h3-8,13,18-19,28H,9-12,14-15H2,1-2H3,(H2,24,25,26);1H. The molecule has 9 heteroatoms. The lowest BCUT2D eigenvalue weighted by Crippen LogP contribution is -2.46. The number of aliphatic hydroxyl groups excluding tert-OH is 1. The van der Waals surface area contributed by atoms with Crippen LogP contribution in [-0.2, 0) is 4.74 Å². The Hall–Kier alpha value is -1.66. The third kappa shape index (κ3) is 6.22. The number of aliphatic imine (C=N–C) groups is 1. The lowest BCUT2D eigenvalue weighted by molar-refractivity contribution is 0.0124. The zero-order chi connectivity index (χ0) is 21.6. The highest BCUT2D eigenvalue weighted by atomic mass is 127. The predicted molar refractivity (Wildman–Crippen MR) is 140 cm³/mol. The average molecular weight is 570 g/mol. The van der Waals surface area contributed by atoms with Gasteiger partial charge in [0, 0.05) is 42.8 Å². The lowest BCUT2D eigenvalue weighted by Gasteiger charge is -2.33. The summed E-state index contributed by atoms with van der Waals surface area (Å²) in [6, 6.07) is 14.4. The molecule has 32 heavy (non-hydrogen) atoms. The zero-order valence-electron chi connectivity index (χ0n) is 18.4. The first-order valence-electron chi connectivity index (χ1n) is 10.6. The molecule has 0 saturated carbocycles. The summed E-state index contributed by atoms with van der Waals surface area (Å²) in [6.45, 7) is 6.17. The molecule has 1 aliphatic rings. The van der Waals surface area contributed by atoms with Crippen molar-refractivity contribution >= 4 is 51.4 Å². The first-order valence-corrected chi connectivity index (χ1v) is 11.4. The van der Waals surface area contributed by atoms with Gasteiger partial charge in [-0.2, -0.15) is 0 Å². The third-order valence-corrected chi connectivity index (χ3v) is 6.72. The topological polar surface area (TPSA) is 82.3 Å². The number of fused-ring (bicyclic) bond motifs is 1. The minimum Gasteiger partial charge on any atom is -0.465 e. The fraction of sp³-hybridized carbons (Fsp3) is 0.435. The van der Waals surface area contributed by atoms with Gasteiger partial charge in [0.15, 0.2) is 5.96 Å². The summed E-state index contributed by atoms with van der Waals surface area (Å²) >= 11 is 1.62. The summed E-state index contributed by atoms with van der Waals surface area (Å²) < 4.78 is 12.6. The molecular formula is C23H31IN4O3S. The van der Waals surface area contributed by atoms with Crippen molar-refractivity contribution in [1.82, 2.24) is 15.5 Å².